The van der Waals surface area contributed by atoms with Crippen molar-refractivity contribution in [1.82, 2.24) is 14.8 Å². The van der Waals surface area contributed by atoms with Crippen LogP contribution in [-0.2, 0) is 7.05 Å². The summed E-state index contributed by atoms with van der Waals surface area (Å²) in [6.45, 7) is 2.12. The Morgan fingerprint density at radius 3 is 2.88 bits per heavy atom. The number of nitrogen functional groups attached to an aromatic ring is 1. The molecular weight excluding hydrogens is 212 g/mol. The van der Waals surface area contributed by atoms with E-state index in [1.54, 1.807) is 6.20 Å². The molecule has 3 N–H and O–H groups in total. The Hall–Kier alpha value is -2.23. The normalized spacial score (nSPS) is 11.2. The van der Waals surface area contributed by atoms with Gasteiger partial charge in [-0.2, -0.15) is 5.10 Å². The average molecular weight is 226 g/mol. The minimum atomic E-state index is 0.609. The predicted octanol–water partition coefficient (Wildman–Crippen LogP) is 2.46. The van der Waals surface area contributed by atoms with Gasteiger partial charge in [-0.15, -0.1) is 0 Å². The van der Waals surface area contributed by atoms with Crippen LogP contribution in [0.3, 0.4) is 0 Å². The lowest BCUT2D eigenvalue weighted by Gasteiger charge is -2.01. The fraction of sp³-hybridized carbons (Fsp3) is 0.154. The van der Waals surface area contributed by atoms with E-state index < -0.39 is 0 Å². The summed E-state index contributed by atoms with van der Waals surface area (Å²) in [6, 6.07) is 6.35. The molecule has 0 saturated carbocycles. The minimum Gasteiger partial charge on any atom is -0.384 e. The number of fused-ring (bicyclic) bond motifs is 1. The standard InChI is InChI=1S/C13H14N4/c1-8-7-17(2)12-4-3-9(5-10(8)12)11-6-15-16-13(11)14/h3-7H,1-2H3,(H3,14,15,16). The van der Waals surface area contributed by atoms with Crippen molar-refractivity contribution in [3.8, 4) is 11.1 Å². The maximum absolute atomic E-state index is 5.84. The lowest BCUT2D eigenvalue weighted by Crippen LogP contribution is -1.88. The van der Waals surface area contributed by atoms with Crippen LogP contribution in [-0.4, -0.2) is 14.8 Å². The predicted molar refractivity (Wildman–Crippen MR) is 69.7 cm³/mol. The Bertz CT molecular complexity index is 691. The molecule has 0 spiro atoms. The number of nitrogens with zero attached hydrogens (tertiary/aromatic N) is 2. The number of rotatable bonds is 1. The van der Waals surface area contributed by atoms with Crippen LogP contribution >= 0.6 is 0 Å². The summed E-state index contributed by atoms with van der Waals surface area (Å²) in [4.78, 5) is 0. The Morgan fingerprint density at radius 2 is 2.18 bits per heavy atom. The van der Waals surface area contributed by atoms with Crippen molar-refractivity contribution in [3.63, 3.8) is 0 Å². The highest BCUT2D eigenvalue weighted by molar-refractivity contribution is 5.89. The molecule has 0 atom stereocenters. The highest BCUT2D eigenvalue weighted by Crippen LogP contribution is 2.29. The van der Waals surface area contributed by atoms with Gasteiger partial charge in [0, 0.05) is 29.7 Å². The Labute approximate surface area is 99.1 Å². The zero-order chi connectivity index (χ0) is 12.0. The van der Waals surface area contributed by atoms with Crippen LogP contribution < -0.4 is 5.73 Å². The molecule has 3 rings (SSSR count). The topological polar surface area (TPSA) is 59.6 Å². The molecule has 2 heterocycles. The van der Waals surface area contributed by atoms with Crippen molar-refractivity contribution in [1.29, 1.82) is 0 Å². The first-order valence-electron chi connectivity index (χ1n) is 5.51. The lowest BCUT2D eigenvalue weighted by atomic mass is 10.1. The first-order chi connectivity index (χ1) is 8.16. The summed E-state index contributed by atoms with van der Waals surface area (Å²) in [6.07, 6.45) is 3.89. The van der Waals surface area contributed by atoms with E-state index >= 15 is 0 Å². The molecule has 0 unspecified atom stereocenters. The number of aromatic amines is 1. The van der Waals surface area contributed by atoms with Gasteiger partial charge in [0.05, 0.1) is 6.20 Å². The van der Waals surface area contributed by atoms with Gasteiger partial charge in [-0.1, -0.05) is 6.07 Å². The monoisotopic (exact) mass is 226 g/mol. The van der Waals surface area contributed by atoms with Crippen LogP contribution in [0.2, 0.25) is 0 Å². The molecule has 2 aromatic heterocycles. The van der Waals surface area contributed by atoms with Gasteiger partial charge < -0.3 is 10.3 Å². The van der Waals surface area contributed by atoms with Gasteiger partial charge in [-0.3, -0.25) is 5.10 Å². The molecule has 0 aliphatic carbocycles. The summed E-state index contributed by atoms with van der Waals surface area (Å²) < 4.78 is 2.13. The summed E-state index contributed by atoms with van der Waals surface area (Å²) in [5.74, 6) is 0.609. The number of aryl methyl sites for hydroxylation is 2. The number of nitrogens with one attached hydrogen (secondary N) is 1. The second-order valence-electron chi connectivity index (χ2n) is 4.35. The minimum absolute atomic E-state index is 0.609. The van der Waals surface area contributed by atoms with Crippen molar-refractivity contribution in [2.45, 2.75) is 6.92 Å². The van der Waals surface area contributed by atoms with Gasteiger partial charge in [-0.25, -0.2) is 0 Å². The summed E-state index contributed by atoms with van der Waals surface area (Å²) in [5, 5.41) is 7.96. The SMILES string of the molecule is Cc1cn(C)c2ccc(-c3cn[nH]c3N)cc12. The molecule has 1 aromatic carbocycles. The maximum Gasteiger partial charge on any atom is 0.126 e. The van der Waals surface area contributed by atoms with Crippen LogP contribution in [0.4, 0.5) is 5.82 Å². The maximum atomic E-state index is 5.84. The molecule has 86 valence electrons. The van der Waals surface area contributed by atoms with Crippen LogP contribution in [0.5, 0.6) is 0 Å². The van der Waals surface area contributed by atoms with Crippen LogP contribution in [0.25, 0.3) is 22.0 Å². The second-order valence-corrected chi connectivity index (χ2v) is 4.35. The number of anilines is 1. The van der Waals surface area contributed by atoms with E-state index in [-0.39, 0.29) is 0 Å². The summed E-state index contributed by atoms with van der Waals surface area (Å²) in [5.41, 5.74) is 10.4. The third kappa shape index (κ3) is 1.41. The number of aromatic nitrogens is 3. The first kappa shape index (κ1) is 9.96. The molecule has 17 heavy (non-hydrogen) atoms. The molecule has 0 aliphatic heterocycles. The lowest BCUT2D eigenvalue weighted by molar-refractivity contribution is 0.964. The van der Waals surface area contributed by atoms with Crippen molar-refractivity contribution >= 4 is 16.7 Å². The van der Waals surface area contributed by atoms with Gasteiger partial charge in [-0.05, 0) is 30.2 Å². The van der Waals surface area contributed by atoms with Gasteiger partial charge in [0.15, 0.2) is 0 Å². The van der Waals surface area contributed by atoms with Crippen LogP contribution in [0.15, 0.2) is 30.6 Å². The van der Waals surface area contributed by atoms with Crippen molar-refractivity contribution in [2.24, 2.45) is 7.05 Å². The quantitative estimate of drug-likeness (QED) is 0.669. The van der Waals surface area contributed by atoms with Crippen LogP contribution in [0, 0.1) is 6.92 Å². The van der Waals surface area contributed by atoms with Gasteiger partial charge in [0.25, 0.3) is 0 Å². The van der Waals surface area contributed by atoms with Crippen molar-refractivity contribution in [3.05, 3.63) is 36.2 Å². The second kappa shape index (κ2) is 3.38. The molecule has 0 amide bonds. The molecule has 3 aromatic rings. The van der Waals surface area contributed by atoms with E-state index in [9.17, 15) is 0 Å². The van der Waals surface area contributed by atoms with E-state index in [0.717, 1.165) is 11.1 Å². The van der Waals surface area contributed by atoms with Crippen molar-refractivity contribution < 1.29 is 0 Å². The molecule has 0 aliphatic rings. The molecule has 0 radical (unpaired) electrons. The average Bonchev–Trinajstić information content (AvgIpc) is 2.84. The van der Waals surface area contributed by atoms with Gasteiger partial charge in [0.2, 0.25) is 0 Å². The largest absolute Gasteiger partial charge is 0.384 e. The number of hydrogen-bond acceptors (Lipinski definition) is 2. The highest BCUT2D eigenvalue weighted by atomic mass is 15.1. The Kier molecular flexibility index (Phi) is 1.98. The molecule has 0 saturated heterocycles. The fourth-order valence-corrected chi connectivity index (χ4v) is 2.28. The Morgan fingerprint density at radius 1 is 1.35 bits per heavy atom. The van der Waals surface area contributed by atoms with E-state index in [2.05, 4.69) is 53.1 Å². The zero-order valence-electron chi connectivity index (χ0n) is 9.86. The van der Waals surface area contributed by atoms with E-state index in [0.29, 0.717) is 5.82 Å². The number of H-pyrrole nitrogens is 1. The molecule has 0 bridgehead atoms. The summed E-state index contributed by atoms with van der Waals surface area (Å²) in [7, 11) is 2.06. The third-order valence-corrected chi connectivity index (χ3v) is 3.17. The molecule has 4 nitrogen and oxygen atoms in total. The zero-order valence-corrected chi connectivity index (χ0v) is 9.86. The highest BCUT2D eigenvalue weighted by Gasteiger charge is 2.08. The molecular formula is C13H14N4. The smallest absolute Gasteiger partial charge is 0.126 e. The van der Waals surface area contributed by atoms with Crippen LogP contribution in [0.1, 0.15) is 5.56 Å². The first-order valence-corrected chi connectivity index (χ1v) is 5.51. The van der Waals surface area contributed by atoms with Gasteiger partial charge >= 0.3 is 0 Å². The number of benzene rings is 1. The summed E-state index contributed by atoms with van der Waals surface area (Å²) >= 11 is 0. The van der Waals surface area contributed by atoms with E-state index in [1.807, 2.05) is 0 Å². The fourth-order valence-electron chi connectivity index (χ4n) is 2.28. The molecule has 0 fully saturated rings. The van der Waals surface area contributed by atoms with E-state index in [4.69, 9.17) is 5.73 Å². The number of nitrogens with two attached hydrogens (primary N) is 1. The van der Waals surface area contributed by atoms with E-state index in [1.165, 1.54) is 16.5 Å². The molecule has 4 heteroatoms. The third-order valence-electron chi connectivity index (χ3n) is 3.17. The van der Waals surface area contributed by atoms with Gasteiger partial charge in [0.1, 0.15) is 5.82 Å². The number of hydrogen-bond donors (Lipinski definition) is 2. The van der Waals surface area contributed by atoms with Crippen molar-refractivity contribution in [2.75, 3.05) is 5.73 Å². The Balaban J connectivity index is 2.27.